The van der Waals surface area contributed by atoms with Crippen molar-refractivity contribution in [1.29, 1.82) is 0 Å². The molecule has 0 spiro atoms. The van der Waals surface area contributed by atoms with Gasteiger partial charge in [0.2, 0.25) is 0 Å². The summed E-state index contributed by atoms with van der Waals surface area (Å²) in [5, 5.41) is 0. The third-order valence-corrected chi connectivity index (χ3v) is 3.03. The molecule has 0 aromatic rings. The van der Waals surface area contributed by atoms with E-state index in [1.807, 2.05) is 0 Å². The zero-order valence-electron chi connectivity index (χ0n) is 8.13. The molecule has 2 heteroatoms. The van der Waals surface area contributed by atoms with E-state index in [1.54, 1.807) is 0 Å². The highest BCUT2D eigenvalue weighted by molar-refractivity contribution is 4.84. The molecule has 2 unspecified atom stereocenters. The van der Waals surface area contributed by atoms with Gasteiger partial charge in [0.1, 0.15) is 0 Å². The lowest BCUT2D eigenvalue weighted by molar-refractivity contribution is 0.378. The molecule has 0 saturated heterocycles. The van der Waals surface area contributed by atoms with Crippen molar-refractivity contribution < 1.29 is 0 Å². The van der Waals surface area contributed by atoms with Crippen LogP contribution in [0.2, 0.25) is 0 Å². The van der Waals surface area contributed by atoms with Gasteiger partial charge in [0.25, 0.3) is 0 Å². The van der Waals surface area contributed by atoms with Gasteiger partial charge in [-0.25, -0.2) is 0 Å². The minimum Gasteiger partial charge on any atom is -0.330 e. The maximum Gasteiger partial charge on any atom is 0.00671 e. The van der Waals surface area contributed by atoms with Gasteiger partial charge in [0, 0.05) is 6.04 Å². The summed E-state index contributed by atoms with van der Waals surface area (Å²) in [4.78, 5) is 0. The summed E-state index contributed by atoms with van der Waals surface area (Å²) in [7, 11) is 0. The van der Waals surface area contributed by atoms with Crippen LogP contribution in [-0.2, 0) is 0 Å². The van der Waals surface area contributed by atoms with E-state index in [2.05, 4.69) is 6.92 Å². The number of rotatable bonds is 6. The molecule has 1 saturated carbocycles. The van der Waals surface area contributed by atoms with Crippen LogP contribution in [0.4, 0.5) is 0 Å². The van der Waals surface area contributed by atoms with Crippen molar-refractivity contribution in [2.24, 2.45) is 23.3 Å². The van der Waals surface area contributed by atoms with E-state index >= 15 is 0 Å². The van der Waals surface area contributed by atoms with Crippen LogP contribution in [0, 0.1) is 11.8 Å². The topological polar surface area (TPSA) is 52.0 Å². The van der Waals surface area contributed by atoms with Crippen LogP contribution in [-0.4, -0.2) is 12.6 Å². The highest BCUT2D eigenvalue weighted by Gasteiger charge is 2.31. The second-order valence-corrected chi connectivity index (χ2v) is 4.14. The van der Waals surface area contributed by atoms with Gasteiger partial charge in [-0.1, -0.05) is 13.3 Å². The number of nitrogens with two attached hydrogens (primary N) is 2. The Labute approximate surface area is 75.7 Å². The van der Waals surface area contributed by atoms with E-state index in [9.17, 15) is 0 Å². The minimum atomic E-state index is 0.420. The van der Waals surface area contributed by atoms with Gasteiger partial charge in [0.15, 0.2) is 0 Å². The Morgan fingerprint density at radius 3 is 2.50 bits per heavy atom. The fourth-order valence-electron chi connectivity index (χ4n) is 1.76. The molecule has 0 heterocycles. The largest absolute Gasteiger partial charge is 0.330 e. The predicted molar refractivity (Wildman–Crippen MR) is 52.8 cm³/mol. The average Bonchev–Trinajstić information content (AvgIpc) is 2.86. The first-order chi connectivity index (χ1) is 5.75. The zero-order chi connectivity index (χ0) is 8.97. The summed E-state index contributed by atoms with van der Waals surface area (Å²) in [5.41, 5.74) is 11.5. The van der Waals surface area contributed by atoms with Crippen molar-refractivity contribution in [2.45, 2.75) is 45.1 Å². The molecule has 1 aliphatic carbocycles. The maximum atomic E-state index is 6.06. The Balaban J connectivity index is 2.04. The summed E-state index contributed by atoms with van der Waals surface area (Å²) < 4.78 is 0. The average molecular weight is 170 g/mol. The summed E-state index contributed by atoms with van der Waals surface area (Å²) in [5.74, 6) is 1.68. The molecule has 0 aromatic heterocycles. The van der Waals surface area contributed by atoms with Crippen molar-refractivity contribution in [1.82, 2.24) is 0 Å². The summed E-state index contributed by atoms with van der Waals surface area (Å²) in [6, 6.07) is 0.420. The van der Waals surface area contributed by atoms with Crippen molar-refractivity contribution in [2.75, 3.05) is 6.54 Å². The Bertz CT molecular complexity index is 121. The fourth-order valence-corrected chi connectivity index (χ4v) is 1.76. The Kier molecular flexibility index (Phi) is 4.02. The van der Waals surface area contributed by atoms with E-state index in [1.165, 1.54) is 19.3 Å². The van der Waals surface area contributed by atoms with E-state index in [-0.39, 0.29) is 0 Å². The molecule has 1 rings (SSSR count). The fraction of sp³-hybridized carbons (Fsp3) is 1.00. The molecular formula is C10H22N2. The summed E-state index contributed by atoms with van der Waals surface area (Å²) >= 11 is 0. The molecule has 0 radical (unpaired) electrons. The van der Waals surface area contributed by atoms with Gasteiger partial charge in [-0.05, 0) is 44.1 Å². The SMILES string of the molecule is CC(C(N)CCCCN)C1CC1. The van der Waals surface area contributed by atoms with Crippen molar-refractivity contribution in [3.05, 3.63) is 0 Å². The van der Waals surface area contributed by atoms with Crippen molar-refractivity contribution in [3.63, 3.8) is 0 Å². The summed E-state index contributed by atoms with van der Waals surface area (Å²) in [6.07, 6.45) is 6.31. The van der Waals surface area contributed by atoms with Gasteiger partial charge in [-0.3, -0.25) is 0 Å². The molecular weight excluding hydrogens is 148 g/mol. The number of unbranched alkanes of at least 4 members (excludes halogenated alkanes) is 1. The van der Waals surface area contributed by atoms with Crippen LogP contribution < -0.4 is 11.5 Å². The van der Waals surface area contributed by atoms with E-state index in [0.717, 1.165) is 31.2 Å². The molecule has 1 fully saturated rings. The zero-order valence-corrected chi connectivity index (χ0v) is 8.13. The van der Waals surface area contributed by atoms with Crippen LogP contribution in [0.5, 0.6) is 0 Å². The molecule has 4 N–H and O–H groups in total. The van der Waals surface area contributed by atoms with Crippen LogP contribution >= 0.6 is 0 Å². The highest BCUT2D eigenvalue weighted by atomic mass is 14.7. The summed E-state index contributed by atoms with van der Waals surface area (Å²) in [6.45, 7) is 3.11. The first-order valence-electron chi connectivity index (χ1n) is 5.21. The molecule has 12 heavy (non-hydrogen) atoms. The number of hydrogen-bond acceptors (Lipinski definition) is 2. The first kappa shape index (κ1) is 10.0. The lowest BCUT2D eigenvalue weighted by Crippen LogP contribution is -2.29. The standard InChI is InChI=1S/C10H22N2/c1-8(9-5-6-9)10(12)4-2-3-7-11/h8-10H,2-7,11-12H2,1H3. The normalized spacial score (nSPS) is 22.2. The molecule has 1 aliphatic rings. The second kappa shape index (κ2) is 4.83. The lowest BCUT2D eigenvalue weighted by atomic mass is 9.93. The Morgan fingerprint density at radius 2 is 2.00 bits per heavy atom. The molecule has 2 atom stereocenters. The Morgan fingerprint density at radius 1 is 1.33 bits per heavy atom. The quantitative estimate of drug-likeness (QED) is 0.593. The van der Waals surface area contributed by atoms with Crippen molar-refractivity contribution >= 4 is 0 Å². The molecule has 0 bridgehead atoms. The first-order valence-corrected chi connectivity index (χ1v) is 5.21. The second-order valence-electron chi connectivity index (χ2n) is 4.14. The smallest absolute Gasteiger partial charge is 0.00671 e. The van der Waals surface area contributed by atoms with Gasteiger partial charge < -0.3 is 11.5 Å². The third-order valence-electron chi connectivity index (χ3n) is 3.03. The van der Waals surface area contributed by atoms with Crippen LogP contribution in [0.3, 0.4) is 0 Å². The molecule has 0 aromatic carbocycles. The van der Waals surface area contributed by atoms with Crippen molar-refractivity contribution in [3.8, 4) is 0 Å². The van der Waals surface area contributed by atoms with Crippen LogP contribution in [0.15, 0.2) is 0 Å². The number of hydrogen-bond donors (Lipinski definition) is 2. The lowest BCUT2D eigenvalue weighted by Gasteiger charge is -2.18. The van der Waals surface area contributed by atoms with Gasteiger partial charge >= 0.3 is 0 Å². The van der Waals surface area contributed by atoms with E-state index in [0.29, 0.717) is 6.04 Å². The Hall–Kier alpha value is -0.0800. The third kappa shape index (κ3) is 3.11. The molecule has 0 aliphatic heterocycles. The molecule has 2 nitrogen and oxygen atoms in total. The molecule has 0 amide bonds. The van der Waals surface area contributed by atoms with E-state index in [4.69, 9.17) is 11.5 Å². The van der Waals surface area contributed by atoms with Gasteiger partial charge in [0.05, 0.1) is 0 Å². The molecule has 72 valence electrons. The van der Waals surface area contributed by atoms with Gasteiger partial charge in [-0.2, -0.15) is 0 Å². The van der Waals surface area contributed by atoms with Gasteiger partial charge in [-0.15, -0.1) is 0 Å². The minimum absolute atomic E-state index is 0.420. The highest BCUT2D eigenvalue weighted by Crippen LogP contribution is 2.38. The van der Waals surface area contributed by atoms with Crippen LogP contribution in [0.1, 0.15) is 39.0 Å². The monoisotopic (exact) mass is 170 g/mol. The maximum absolute atomic E-state index is 6.06. The van der Waals surface area contributed by atoms with E-state index < -0.39 is 0 Å². The van der Waals surface area contributed by atoms with Crippen LogP contribution in [0.25, 0.3) is 0 Å². The predicted octanol–water partition coefficient (Wildman–Crippen LogP) is 1.49.